The first-order chi connectivity index (χ1) is 6.31. The van der Waals surface area contributed by atoms with Crippen molar-refractivity contribution in [1.82, 2.24) is 0 Å². The molecule has 0 aliphatic heterocycles. The summed E-state index contributed by atoms with van der Waals surface area (Å²) in [4.78, 5) is 0. The van der Waals surface area contributed by atoms with E-state index in [9.17, 15) is 0 Å². The van der Waals surface area contributed by atoms with Crippen LogP contribution in [0.2, 0.25) is 0 Å². The Kier molecular flexibility index (Phi) is 3.51. The second kappa shape index (κ2) is 4.66. The van der Waals surface area contributed by atoms with E-state index >= 15 is 0 Å². The highest BCUT2D eigenvalue weighted by molar-refractivity contribution is 5.53. The number of rotatable bonds is 4. The fraction of sp³-hybridized carbons (Fsp3) is 0.231. The minimum absolute atomic E-state index is 0.935. The molecule has 13 heavy (non-hydrogen) atoms. The summed E-state index contributed by atoms with van der Waals surface area (Å²) in [6, 6.07) is 6.52. The van der Waals surface area contributed by atoms with Crippen LogP contribution in [0, 0.1) is 0 Å². The van der Waals surface area contributed by atoms with Crippen molar-refractivity contribution in [3.8, 4) is 0 Å². The maximum Gasteiger partial charge on any atom is -0.00999 e. The summed E-state index contributed by atoms with van der Waals surface area (Å²) >= 11 is 0. The van der Waals surface area contributed by atoms with Crippen molar-refractivity contribution in [1.29, 1.82) is 0 Å². The molecular weight excluding hydrogens is 156 g/mol. The quantitative estimate of drug-likeness (QED) is 0.608. The van der Waals surface area contributed by atoms with Crippen LogP contribution >= 0.6 is 0 Å². The molecule has 0 saturated heterocycles. The lowest BCUT2D eigenvalue weighted by atomic mass is 10.0. The van der Waals surface area contributed by atoms with Crippen LogP contribution in [0.15, 0.2) is 37.4 Å². The van der Waals surface area contributed by atoms with E-state index in [4.69, 9.17) is 0 Å². The zero-order valence-electron chi connectivity index (χ0n) is 8.22. The summed E-state index contributed by atoms with van der Waals surface area (Å²) in [6.45, 7) is 9.71. The van der Waals surface area contributed by atoms with Crippen LogP contribution in [0.5, 0.6) is 0 Å². The van der Waals surface area contributed by atoms with E-state index in [1.54, 1.807) is 0 Å². The molecule has 1 aromatic carbocycles. The van der Waals surface area contributed by atoms with Crippen LogP contribution in [0.3, 0.4) is 0 Å². The van der Waals surface area contributed by atoms with Crippen LogP contribution in [0.25, 0.3) is 6.08 Å². The smallest absolute Gasteiger partial charge is 0.00999 e. The summed E-state index contributed by atoms with van der Waals surface area (Å²) < 4.78 is 0. The molecule has 0 fully saturated rings. The van der Waals surface area contributed by atoms with Gasteiger partial charge in [-0.2, -0.15) is 0 Å². The maximum atomic E-state index is 3.81. The van der Waals surface area contributed by atoms with Gasteiger partial charge in [0.05, 0.1) is 0 Å². The Morgan fingerprint density at radius 2 is 2.08 bits per heavy atom. The SMILES string of the molecule is C=CCc1ccc(CC)c(C=C)c1. The molecule has 0 aromatic heterocycles. The summed E-state index contributed by atoms with van der Waals surface area (Å²) in [6.07, 6.45) is 5.85. The van der Waals surface area contributed by atoms with Gasteiger partial charge in [-0.05, 0) is 29.5 Å². The zero-order chi connectivity index (χ0) is 9.68. The molecule has 0 aliphatic carbocycles. The van der Waals surface area contributed by atoms with Crippen LogP contribution in [-0.4, -0.2) is 0 Å². The molecule has 68 valence electrons. The molecule has 0 unspecified atom stereocenters. The number of aryl methyl sites for hydroxylation is 1. The third-order valence-electron chi connectivity index (χ3n) is 2.19. The van der Waals surface area contributed by atoms with Gasteiger partial charge in [-0.3, -0.25) is 0 Å². The van der Waals surface area contributed by atoms with Gasteiger partial charge in [-0.15, -0.1) is 6.58 Å². The molecule has 0 radical (unpaired) electrons. The van der Waals surface area contributed by atoms with Gasteiger partial charge in [0.2, 0.25) is 0 Å². The van der Waals surface area contributed by atoms with Crippen molar-refractivity contribution < 1.29 is 0 Å². The van der Waals surface area contributed by atoms with Crippen molar-refractivity contribution >= 4 is 6.08 Å². The van der Waals surface area contributed by atoms with E-state index in [1.165, 1.54) is 16.7 Å². The highest BCUT2D eigenvalue weighted by Crippen LogP contribution is 2.14. The van der Waals surface area contributed by atoms with Gasteiger partial charge in [0.1, 0.15) is 0 Å². The van der Waals surface area contributed by atoms with Crippen molar-refractivity contribution in [2.24, 2.45) is 0 Å². The summed E-state index contributed by atoms with van der Waals surface area (Å²) in [7, 11) is 0. The number of hydrogen-bond acceptors (Lipinski definition) is 0. The second-order valence-electron chi connectivity index (χ2n) is 3.08. The minimum Gasteiger partial charge on any atom is -0.103 e. The Balaban J connectivity index is 3.04. The summed E-state index contributed by atoms with van der Waals surface area (Å²) in [5, 5.41) is 0. The lowest BCUT2D eigenvalue weighted by Gasteiger charge is -2.05. The topological polar surface area (TPSA) is 0 Å². The average molecular weight is 172 g/mol. The van der Waals surface area contributed by atoms with Crippen LogP contribution in [-0.2, 0) is 12.8 Å². The highest BCUT2D eigenvalue weighted by Gasteiger charge is 1.97. The fourth-order valence-electron chi connectivity index (χ4n) is 1.45. The van der Waals surface area contributed by atoms with E-state index in [0.717, 1.165) is 12.8 Å². The van der Waals surface area contributed by atoms with Crippen LogP contribution < -0.4 is 0 Å². The standard InChI is InChI=1S/C13H16/c1-4-7-11-8-9-12(5-2)13(6-3)10-11/h4,6,8-10H,1,3,5,7H2,2H3. The fourth-order valence-corrected chi connectivity index (χ4v) is 1.45. The highest BCUT2D eigenvalue weighted by atomic mass is 14.0. The molecule has 0 amide bonds. The average Bonchev–Trinajstić information content (AvgIpc) is 2.18. The van der Waals surface area contributed by atoms with Gasteiger partial charge in [-0.1, -0.05) is 43.9 Å². The third kappa shape index (κ3) is 2.32. The molecule has 0 bridgehead atoms. The summed E-state index contributed by atoms with van der Waals surface area (Å²) in [5.41, 5.74) is 3.92. The van der Waals surface area contributed by atoms with Gasteiger partial charge in [0, 0.05) is 0 Å². The van der Waals surface area contributed by atoms with E-state index in [1.807, 2.05) is 12.2 Å². The summed E-state index contributed by atoms with van der Waals surface area (Å²) in [5.74, 6) is 0. The van der Waals surface area contributed by atoms with Gasteiger partial charge >= 0.3 is 0 Å². The zero-order valence-corrected chi connectivity index (χ0v) is 8.22. The molecule has 1 rings (SSSR count). The lowest BCUT2D eigenvalue weighted by Crippen LogP contribution is -1.89. The van der Waals surface area contributed by atoms with Gasteiger partial charge in [-0.25, -0.2) is 0 Å². The number of benzene rings is 1. The van der Waals surface area contributed by atoms with Gasteiger partial charge in [0.15, 0.2) is 0 Å². The molecule has 0 saturated carbocycles. The number of hydrogen-bond donors (Lipinski definition) is 0. The van der Waals surface area contributed by atoms with Crippen molar-refractivity contribution in [3.63, 3.8) is 0 Å². The predicted molar refractivity (Wildman–Crippen MR) is 59.8 cm³/mol. The number of allylic oxidation sites excluding steroid dienone is 1. The van der Waals surface area contributed by atoms with E-state index in [-0.39, 0.29) is 0 Å². The minimum atomic E-state index is 0.935. The van der Waals surface area contributed by atoms with E-state index in [0.29, 0.717) is 0 Å². The van der Waals surface area contributed by atoms with Crippen LogP contribution in [0.1, 0.15) is 23.6 Å². The van der Waals surface area contributed by atoms with Crippen molar-refractivity contribution in [2.45, 2.75) is 19.8 Å². The Bertz CT molecular complexity index is 308. The largest absolute Gasteiger partial charge is 0.103 e. The molecule has 0 heteroatoms. The normalized spacial score (nSPS) is 9.62. The molecular formula is C13H16. The molecule has 0 heterocycles. The molecule has 0 atom stereocenters. The first-order valence-electron chi connectivity index (χ1n) is 4.67. The van der Waals surface area contributed by atoms with Crippen molar-refractivity contribution in [2.75, 3.05) is 0 Å². The Labute approximate surface area is 80.6 Å². The molecule has 0 N–H and O–H groups in total. The van der Waals surface area contributed by atoms with E-state index < -0.39 is 0 Å². The predicted octanol–water partition coefficient (Wildman–Crippen LogP) is 3.62. The second-order valence-corrected chi connectivity index (χ2v) is 3.08. The molecule has 0 nitrogen and oxygen atoms in total. The van der Waals surface area contributed by atoms with Crippen molar-refractivity contribution in [3.05, 3.63) is 54.1 Å². The molecule has 0 aliphatic rings. The van der Waals surface area contributed by atoms with Crippen LogP contribution in [0.4, 0.5) is 0 Å². The first kappa shape index (κ1) is 9.79. The molecule has 1 aromatic rings. The third-order valence-corrected chi connectivity index (χ3v) is 2.19. The van der Waals surface area contributed by atoms with E-state index in [2.05, 4.69) is 38.3 Å². The Morgan fingerprint density at radius 1 is 1.31 bits per heavy atom. The Hall–Kier alpha value is -1.30. The monoisotopic (exact) mass is 172 g/mol. The maximum absolute atomic E-state index is 3.81. The molecule has 0 spiro atoms. The lowest BCUT2D eigenvalue weighted by molar-refractivity contribution is 1.12. The first-order valence-corrected chi connectivity index (χ1v) is 4.67. The Morgan fingerprint density at radius 3 is 2.62 bits per heavy atom. The van der Waals surface area contributed by atoms with Gasteiger partial charge < -0.3 is 0 Å². The van der Waals surface area contributed by atoms with Gasteiger partial charge in [0.25, 0.3) is 0 Å².